The molecular formula is C22H22FN3O3S. The summed E-state index contributed by atoms with van der Waals surface area (Å²) in [6, 6.07) is 5.22. The monoisotopic (exact) mass is 427 g/mol. The number of fused-ring (bicyclic) bond motifs is 1. The zero-order chi connectivity index (χ0) is 21.0. The van der Waals surface area contributed by atoms with Crippen LogP contribution in [0, 0.1) is 11.7 Å². The van der Waals surface area contributed by atoms with Crippen molar-refractivity contribution in [2.45, 2.75) is 57.6 Å². The minimum Gasteiger partial charge on any atom is -0.483 e. The van der Waals surface area contributed by atoms with E-state index in [1.165, 1.54) is 28.4 Å². The maximum Gasteiger partial charge on any atom is 0.296 e. The lowest BCUT2D eigenvalue weighted by Crippen LogP contribution is -2.39. The van der Waals surface area contributed by atoms with E-state index in [0.29, 0.717) is 16.3 Å². The lowest BCUT2D eigenvalue weighted by molar-refractivity contribution is -0.131. The molecule has 1 saturated carbocycles. The Morgan fingerprint density at radius 1 is 1.13 bits per heavy atom. The van der Waals surface area contributed by atoms with Gasteiger partial charge >= 0.3 is 0 Å². The number of nitrogens with zero attached hydrogens (tertiary/aromatic N) is 3. The summed E-state index contributed by atoms with van der Waals surface area (Å²) in [5, 5.41) is 9.69. The third-order valence-electron chi connectivity index (χ3n) is 6.08. The van der Waals surface area contributed by atoms with Crippen LogP contribution < -0.4 is 4.90 Å². The Bertz CT molecular complexity index is 1050. The number of anilines is 1. The third kappa shape index (κ3) is 2.96. The first-order valence-corrected chi connectivity index (χ1v) is 11.1. The van der Waals surface area contributed by atoms with Gasteiger partial charge in [0.1, 0.15) is 16.9 Å². The molecule has 3 atom stereocenters. The maximum atomic E-state index is 13.6. The van der Waals surface area contributed by atoms with Crippen LogP contribution in [0.5, 0.6) is 0 Å². The van der Waals surface area contributed by atoms with Crippen molar-refractivity contribution in [3.63, 3.8) is 0 Å². The van der Waals surface area contributed by atoms with Crippen molar-refractivity contribution < 1.29 is 18.7 Å². The van der Waals surface area contributed by atoms with E-state index in [1.807, 2.05) is 13.8 Å². The first-order valence-electron chi connectivity index (χ1n) is 10.3. The van der Waals surface area contributed by atoms with Crippen LogP contribution in [0.25, 0.3) is 0 Å². The van der Waals surface area contributed by atoms with E-state index in [4.69, 9.17) is 4.74 Å². The van der Waals surface area contributed by atoms with Gasteiger partial charge in [0, 0.05) is 5.92 Å². The van der Waals surface area contributed by atoms with Gasteiger partial charge in [-0.3, -0.25) is 14.5 Å². The number of Topliss-reactive ketones (excluding diaryl/α,β-unsaturated/α-hetero) is 1. The van der Waals surface area contributed by atoms with Gasteiger partial charge in [0.25, 0.3) is 5.91 Å². The molecular weight excluding hydrogens is 405 g/mol. The van der Waals surface area contributed by atoms with Gasteiger partial charge in [-0.1, -0.05) is 43.7 Å². The number of amides is 1. The molecule has 0 bridgehead atoms. The summed E-state index contributed by atoms with van der Waals surface area (Å²) in [5.74, 6) is -0.711. The van der Waals surface area contributed by atoms with Gasteiger partial charge in [0.05, 0.1) is 17.5 Å². The first-order chi connectivity index (χ1) is 14.5. The highest BCUT2D eigenvalue weighted by atomic mass is 32.1. The number of carbonyl (C=O) groups excluding carboxylic acids is 2. The molecule has 2 aliphatic heterocycles. The number of aromatic nitrogens is 2. The number of ketones is 1. The second kappa shape index (κ2) is 7.27. The van der Waals surface area contributed by atoms with Crippen molar-refractivity contribution in [1.82, 2.24) is 10.2 Å². The summed E-state index contributed by atoms with van der Waals surface area (Å²) < 4.78 is 19.7. The zero-order valence-electron chi connectivity index (χ0n) is 16.8. The molecule has 30 heavy (non-hydrogen) atoms. The molecule has 1 fully saturated rings. The van der Waals surface area contributed by atoms with E-state index in [9.17, 15) is 14.0 Å². The molecule has 3 aliphatic rings. The Labute approximate surface area is 177 Å². The van der Waals surface area contributed by atoms with Gasteiger partial charge in [0.15, 0.2) is 11.5 Å². The number of halogens is 1. The van der Waals surface area contributed by atoms with Gasteiger partial charge in [0.2, 0.25) is 5.13 Å². The Kier molecular flexibility index (Phi) is 4.69. The van der Waals surface area contributed by atoms with E-state index >= 15 is 0 Å². The minimum absolute atomic E-state index is 0.0280. The molecule has 6 nitrogen and oxygen atoms in total. The second-order valence-electron chi connectivity index (χ2n) is 8.36. The second-order valence-corrected chi connectivity index (χ2v) is 9.35. The molecule has 2 aromatic rings. The summed E-state index contributed by atoms with van der Waals surface area (Å²) in [7, 11) is 0. The lowest BCUT2D eigenvalue weighted by atomic mass is 9.77. The minimum atomic E-state index is -0.684. The molecule has 1 aromatic carbocycles. The van der Waals surface area contributed by atoms with Crippen molar-refractivity contribution in [1.29, 1.82) is 0 Å². The van der Waals surface area contributed by atoms with E-state index in [-0.39, 0.29) is 41.2 Å². The zero-order valence-corrected chi connectivity index (χ0v) is 17.6. The van der Waals surface area contributed by atoms with Gasteiger partial charge in [-0.2, -0.15) is 0 Å². The molecule has 0 N–H and O–H groups in total. The van der Waals surface area contributed by atoms with Crippen LogP contribution in [0.2, 0.25) is 0 Å². The standard InChI is InChI=1S/C22H22FN3O3S/c1-11(2)20-24-25-22(30-20)26-17(12-7-9-13(23)10-8-12)16-18(27)14-5-3-4-6-15(14)29-19(16)21(26)28/h7-11,14-15,17H,3-6H2,1-2H3. The molecule has 0 spiro atoms. The summed E-state index contributed by atoms with van der Waals surface area (Å²) >= 11 is 1.33. The van der Waals surface area contributed by atoms with Crippen LogP contribution in [-0.2, 0) is 14.3 Å². The van der Waals surface area contributed by atoms with Crippen LogP contribution >= 0.6 is 11.3 Å². The molecule has 0 radical (unpaired) electrons. The average Bonchev–Trinajstić information content (AvgIpc) is 3.33. The molecule has 3 unspecified atom stereocenters. The van der Waals surface area contributed by atoms with Crippen molar-refractivity contribution in [2.75, 3.05) is 4.90 Å². The summed E-state index contributed by atoms with van der Waals surface area (Å²) in [5.41, 5.74) is 1.03. The molecule has 1 aromatic heterocycles. The Hall–Kier alpha value is -2.61. The van der Waals surface area contributed by atoms with Crippen molar-refractivity contribution >= 4 is 28.2 Å². The predicted molar refractivity (Wildman–Crippen MR) is 109 cm³/mol. The molecule has 3 heterocycles. The number of hydrogen-bond acceptors (Lipinski definition) is 6. The van der Waals surface area contributed by atoms with Gasteiger partial charge < -0.3 is 4.74 Å². The number of benzene rings is 1. The van der Waals surface area contributed by atoms with E-state index < -0.39 is 6.04 Å². The first kappa shape index (κ1) is 19.4. The van der Waals surface area contributed by atoms with Gasteiger partial charge in [-0.15, -0.1) is 10.2 Å². The SMILES string of the molecule is CC(C)c1nnc(N2C(=O)C3=C(C(=O)C4CCCCC4O3)C2c2ccc(F)cc2)s1. The number of carbonyl (C=O) groups is 2. The molecule has 1 aliphatic carbocycles. The fraction of sp³-hybridized carbons (Fsp3) is 0.455. The van der Waals surface area contributed by atoms with Crippen molar-refractivity contribution in [2.24, 2.45) is 5.92 Å². The Balaban J connectivity index is 1.63. The fourth-order valence-corrected chi connectivity index (χ4v) is 5.43. The van der Waals surface area contributed by atoms with Crippen LogP contribution in [0.3, 0.4) is 0 Å². The quantitative estimate of drug-likeness (QED) is 0.730. The topological polar surface area (TPSA) is 72.4 Å². The molecule has 156 valence electrons. The van der Waals surface area contributed by atoms with Crippen molar-refractivity contribution in [3.05, 3.63) is 52.0 Å². The van der Waals surface area contributed by atoms with E-state index in [1.54, 1.807) is 12.1 Å². The lowest BCUT2D eigenvalue weighted by Gasteiger charge is -2.35. The number of hydrogen-bond donors (Lipinski definition) is 0. The normalized spacial score (nSPS) is 26.1. The predicted octanol–water partition coefficient (Wildman–Crippen LogP) is 4.30. The summed E-state index contributed by atoms with van der Waals surface area (Å²) in [4.78, 5) is 28.4. The van der Waals surface area contributed by atoms with Gasteiger partial charge in [-0.25, -0.2) is 4.39 Å². The third-order valence-corrected chi connectivity index (χ3v) is 7.30. The molecule has 5 rings (SSSR count). The highest BCUT2D eigenvalue weighted by Gasteiger charge is 2.53. The largest absolute Gasteiger partial charge is 0.483 e. The fourth-order valence-electron chi connectivity index (χ4n) is 4.56. The highest BCUT2D eigenvalue weighted by Crippen LogP contribution is 2.48. The van der Waals surface area contributed by atoms with Crippen LogP contribution in [0.1, 0.15) is 62.1 Å². The number of ether oxygens (including phenoxy) is 1. The summed E-state index contributed by atoms with van der Waals surface area (Å²) in [6.45, 7) is 4.02. The van der Waals surface area contributed by atoms with E-state index in [0.717, 1.165) is 30.7 Å². The molecule has 8 heteroatoms. The molecule has 0 saturated heterocycles. The molecule has 1 amide bonds. The smallest absolute Gasteiger partial charge is 0.296 e. The van der Waals surface area contributed by atoms with E-state index in [2.05, 4.69) is 10.2 Å². The van der Waals surface area contributed by atoms with Crippen LogP contribution in [0.15, 0.2) is 35.6 Å². The Morgan fingerprint density at radius 3 is 2.57 bits per heavy atom. The highest BCUT2D eigenvalue weighted by molar-refractivity contribution is 7.15. The van der Waals surface area contributed by atoms with Gasteiger partial charge in [-0.05, 0) is 37.0 Å². The Morgan fingerprint density at radius 2 is 1.87 bits per heavy atom. The van der Waals surface area contributed by atoms with Crippen molar-refractivity contribution in [3.8, 4) is 0 Å². The van der Waals surface area contributed by atoms with Crippen LogP contribution in [-0.4, -0.2) is 28.0 Å². The summed E-state index contributed by atoms with van der Waals surface area (Å²) in [6.07, 6.45) is 3.26. The average molecular weight is 428 g/mol. The maximum absolute atomic E-state index is 13.6. The number of rotatable bonds is 3. The van der Waals surface area contributed by atoms with Crippen LogP contribution in [0.4, 0.5) is 9.52 Å².